The average Bonchev–Trinajstić information content (AvgIpc) is 4.07. The molecule has 3 aliphatic rings. The summed E-state index contributed by atoms with van der Waals surface area (Å²) in [4.78, 5) is 46.3. The molecule has 0 aliphatic carbocycles. The Balaban J connectivity index is 0.000000180. The predicted octanol–water partition coefficient (Wildman–Crippen LogP) is 10.3. The quantitative estimate of drug-likeness (QED) is 0.0289. The minimum atomic E-state index is -0.685. The third-order valence-corrected chi connectivity index (χ3v) is 12.6. The molecule has 1 amide bonds. The van der Waals surface area contributed by atoms with Crippen molar-refractivity contribution in [3.8, 4) is 0 Å². The number of hydrogen-bond acceptors (Lipinski definition) is 13. The number of carbonyl (C=O) groups is 2. The van der Waals surface area contributed by atoms with Gasteiger partial charge < -0.3 is 49.9 Å². The Kier molecular flexibility index (Phi) is 20.0. The highest BCUT2D eigenvalue weighted by Gasteiger charge is 2.24. The fourth-order valence-corrected chi connectivity index (χ4v) is 8.17. The van der Waals surface area contributed by atoms with Gasteiger partial charge in [0.25, 0.3) is 16.8 Å². The van der Waals surface area contributed by atoms with E-state index in [0.717, 1.165) is 99.1 Å². The number of nitrogen functional groups attached to an aromatic ring is 1. The number of carbonyl (C=O) groups excluding carboxylic acids is 2. The van der Waals surface area contributed by atoms with E-state index in [2.05, 4.69) is 54.9 Å². The van der Waals surface area contributed by atoms with E-state index >= 15 is 0 Å². The Hall–Kier alpha value is -6.89. The summed E-state index contributed by atoms with van der Waals surface area (Å²) in [6.45, 7) is 25.7. The van der Waals surface area contributed by atoms with Crippen molar-refractivity contribution in [1.82, 2.24) is 0 Å². The topological polar surface area (TPSA) is 221 Å². The summed E-state index contributed by atoms with van der Waals surface area (Å²) >= 11 is 5.04. The van der Waals surface area contributed by atoms with Gasteiger partial charge in [-0.25, -0.2) is 0 Å². The zero-order valence-corrected chi connectivity index (χ0v) is 40.0. The summed E-state index contributed by atoms with van der Waals surface area (Å²) in [6, 6.07) is 22.1. The van der Waals surface area contributed by atoms with Crippen LogP contribution >= 0.6 is 11.6 Å². The van der Waals surface area contributed by atoms with Crippen molar-refractivity contribution in [3.63, 3.8) is 0 Å². The molecule has 366 valence electrons. The zero-order chi connectivity index (χ0) is 50.0. The molecular weight excluding hydrogens is 904 g/mol. The van der Waals surface area contributed by atoms with Gasteiger partial charge in [0.1, 0.15) is 5.69 Å². The molecule has 17 nitrogen and oxygen atoms in total. The number of amides is 1. The first-order valence-corrected chi connectivity index (χ1v) is 23.4. The SMILES string of the molecule is CC1CCN(c2ccc(CO)cc2N)CC1.CC1CCN(c2ccc(CO)cc2[N+](=O)[O-])CC1.[C-]#[N+]c1ccc(C(=O)Cl)o1.[C-]#[N+]c1ccc(C(=O)Nc2cc(CO)ccc2N2CCC(C)CC2)o1. The molecule has 18 heteroatoms. The Bertz CT molecular complexity index is 2580. The van der Waals surface area contributed by atoms with Crippen LogP contribution in [0.25, 0.3) is 9.69 Å². The molecule has 6 N–H and O–H groups in total. The van der Waals surface area contributed by atoms with Crippen LogP contribution in [-0.4, -0.2) is 70.7 Å². The fourth-order valence-electron chi connectivity index (χ4n) is 8.06. The number of aliphatic hydroxyl groups excluding tert-OH is 3. The van der Waals surface area contributed by atoms with Crippen molar-refractivity contribution in [2.75, 3.05) is 65.0 Å². The number of piperidine rings is 3. The largest absolute Gasteiger partial charge is 0.475 e. The van der Waals surface area contributed by atoms with Gasteiger partial charge in [0.15, 0.2) is 11.5 Å². The third kappa shape index (κ3) is 15.3. The predicted molar refractivity (Wildman–Crippen MR) is 268 cm³/mol. The van der Waals surface area contributed by atoms with Crippen LogP contribution in [0.4, 0.5) is 45.9 Å². The van der Waals surface area contributed by atoms with E-state index in [1.54, 1.807) is 18.2 Å². The highest BCUT2D eigenvalue weighted by Crippen LogP contribution is 2.34. The smallest absolute Gasteiger partial charge is 0.346 e. The summed E-state index contributed by atoms with van der Waals surface area (Å²) in [6.07, 6.45) is 6.84. The average molecular weight is 966 g/mol. The molecule has 0 unspecified atom stereocenters. The van der Waals surface area contributed by atoms with Crippen LogP contribution in [0, 0.1) is 41.0 Å². The number of nitrogens with two attached hydrogens (primary N) is 1. The molecule has 3 aromatic carbocycles. The molecule has 0 atom stereocenters. The molecular formula is C51H61ClN8O9. The van der Waals surface area contributed by atoms with Gasteiger partial charge in [-0.3, -0.25) is 19.7 Å². The van der Waals surface area contributed by atoms with Gasteiger partial charge >= 0.3 is 11.8 Å². The van der Waals surface area contributed by atoms with E-state index in [4.69, 9.17) is 45.1 Å². The van der Waals surface area contributed by atoms with E-state index in [0.29, 0.717) is 28.8 Å². The Morgan fingerprint density at radius 3 is 1.49 bits per heavy atom. The highest BCUT2D eigenvalue weighted by molar-refractivity contribution is 6.67. The van der Waals surface area contributed by atoms with Gasteiger partial charge in [-0.2, -0.15) is 9.69 Å². The van der Waals surface area contributed by atoms with E-state index < -0.39 is 11.1 Å². The number of nitro groups is 1. The van der Waals surface area contributed by atoms with Crippen LogP contribution < -0.4 is 25.8 Å². The first-order valence-electron chi connectivity index (χ1n) is 23.0. The lowest BCUT2D eigenvalue weighted by atomic mass is 9.98. The van der Waals surface area contributed by atoms with Crippen LogP contribution in [0.3, 0.4) is 0 Å². The summed E-state index contributed by atoms with van der Waals surface area (Å²) in [5.41, 5.74) is 12.4. The van der Waals surface area contributed by atoms with Crippen LogP contribution in [0.15, 0.2) is 87.7 Å². The molecule has 3 saturated heterocycles. The molecule has 0 radical (unpaired) electrons. The lowest BCUT2D eigenvalue weighted by molar-refractivity contribution is -0.384. The van der Waals surface area contributed by atoms with Gasteiger partial charge in [-0.1, -0.05) is 39.0 Å². The summed E-state index contributed by atoms with van der Waals surface area (Å²) in [7, 11) is 0. The van der Waals surface area contributed by atoms with Gasteiger partial charge in [0.05, 0.1) is 60.6 Å². The van der Waals surface area contributed by atoms with Crippen LogP contribution in [0.1, 0.15) is 97.1 Å². The molecule has 0 saturated carbocycles. The highest BCUT2D eigenvalue weighted by atomic mass is 35.5. The lowest BCUT2D eigenvalue weighted by Crippen LogP contribution is -2.33. The van der Waals surface area contributed by atoms with Crippen molar-refractivity contribution in [1.29, 1.82) is 0 Å². The number of hydrogen-bond donors (Lipinski definition) is 5. The molecule has 8 rings (SSSR count). The number of rotatable bonds is 10. The Morgan fingerprint density at radius 1 is 0.667 bits per heavy atom. The maximum Gasteiger partial charge on any atom is 0.346 e. The van der Waals surface area contributed by atoms with Crippen molar-refractivity contribution in [3.05, 3.63) is 140 Å². The van der Waals surface area contributed by atoms with Crippen molar-refractivity contribution in [2.45, 2.75) is 79.1 Å². The number of anilines is 5. The number of halogens is 1. The second-order valence-electron chi connectivity index (χ2n) is 17.5. The Morgan fingerprint density at radius 2 is 1.07 bits per heavy atom. The number of nitrogens with one attached hydrogen (secondary N) is 1. The first kappa shape index (κ1) is 53.1. The van der Waals surface area contributed by atoms with Crippen molar-refractivity contribution >= 4 is 68.6 Å². The van der Waals surface area contributed by atoms with E-state index in [-0.39, 0.29) is 53.7 Å². The number of nitro benzene ring substituents is 1. The summed E-state index contributed by atoms with van der Waals surface area (Å²) < 4.78 is 9.85. The molecule has 0 spiro atoms. The Labute approximate surface area is 407 Å². The number of nitrogens with zero attached hydrogens (tertiary/aromatic N) is 6. The van der Waals surface area contributed by atoms with Gasteiger partial charge in [-0.15, -0.1) is 0 Å². The van der Waals surface area contributed by atoms with Crippen molar-refractivity contribution in [2.24, 2.45) is 17.8 Å². The molecule has 2 aromatic heterocycles. The second-order valence-corrected chi connectivity index (χ2v) is 17.9. The van der Waals surface area contributed by atoms with Gasteiger partial charge in [0.2, 0.25) is 0 Å². The normalized spacial score (nSPS) is 15.2. The second kappa shape index (κ2) is 26.0. The third-order valence-electron chi connectivity index (χ3n) is 12.4. The van der Waals surface area contributed by atoms with E-state index in [9.17, 15) is 24.8 Å². The number of benzene rings is 3. The van der Waals surface area contributed by atoms with E-state index in [1.807, 2.05) is 30.3 Å². The maximum absolute atomic E-state index is 12.4. The van der Waals surface area contributed by atoms with Crippen molar-refractivity contribution < 1.29 is 38.7 Å². The summed E-state index contributed by atoms with van der Waals surface area (Å²) in [5.74, 6) is 2.08. The van der Waals surface area contributed by atoms with Gasteiger partial charge in [-0.05, 0) is 139 Å². The minimum Gasteiger partial charge on any atom is -0.475 e. The number of furan rings is 2. The molecule has 5 aromatic rings. The monoisotopic (exact) mass is 964 g/mol. The standard InChI is InChI=1S/C19H21N3O3.C13H18N2O3.C13H20N2O.C6H2ClNO2/c1-13-7-9-22(10-8-13)16-4-3-14(12-23)11-15(16)21-19(24)17-5-6-18(20-2)25-17;1-10-4-6-14(7-5-10)12-3-2-11(9-16)8-13(12)15(17)18;1-10-4-6-15(7-5-10)13-3-2-11(9-16)8-12(13)14;1-8-5-3-2-4(10-5)6(7)9/h3-6,11,13,23H,7-10,12H2,1H3,(H,21,24);2-3,8,10,16H,4-7,9H2,1H3;2-3,8,10,16H,4-7,9,14H2,1H3;2-3H. The molecule has 69 heavy (non-hydrogen) atoms. The molecule has 0 bridgehead atoms. The summed E-state index contributed by atoms with van der Waals surface area (Å²) in [5, 5.41) is 40.7. The lowest BCUT2D eigenvalue weighted by Gasteiger charge is -2.33. The minimum absolute atomic E-state index is 0.00710. The zero-order valence-electron chi connectivity index (χ0n) is 39.3. The van der Waals surface area contributed by atoms with Gasteiger partial charge in [0, 0.05) is 45.3 Å². The van der Waals surface area contributed by atoms with Crippen LogP contribution in [-0.2, 0) is 19.8 Å². The molecule has 3 aliphatic heterocycles. The molecule has 5 heterocycles. The first-order chi connectivity index (χ1) is 33.2. The number of aliphatic hydroxyl groups is 3. The van der Waals surface area contributed by atoms with E-state index in [1.165, 1.54) is 43.2 Å². The fraction of sp³-hybridized carbons (Fsp3) is 0.412. The van der Waals surface area contributed by atoms with Crippen LogP contribution in [0.5, 0.6) is 0 Å². The molecule has 3 fully saturated rings. The van der Waals surface area contributed by atoms with Crippen LogP contribution in [0.2, 0.25) is 0 Å². The maximum atomic E-state index is 12.4.